The number of fused-ring (bicyclic) bond motifs is 1. The van der Waals surface area contributed by atoms with Crippen molar-refractivity contribution in [1.82, 2.24) is 5.32 Å². The molecular weight excluding hydrogens is 298 g/mol. The average Bonchev–Trinajstić information content (AvgIpc) is 2.52. The van der Waals surface area contributed by atoms with Crippen LogP contribution in [0.5, 0.6) is 0 Å². The van der Waals surface area contributed by atoms with Crippen LogP contribution in [0.3, 0.4) is 0 Å². The number of benzene rings is 1. The molecule has 1 heterocycles. The van der Waals surface area contributed by atoms with Crippen molar-refractivity contribution in [3.63, 3.8) is 0 Å². The lowest BCUT2D eigenvalue weighted by Gasteiger charge is -2.12. The van der Waals surface area contributed by atoms with E-state index in [1.165, 1.54) is 6.07 Å². The minimum atomic E-state index is -0.872. The third kappa shape index (κ3) is 4.42. The highest BCUT2D eigenvalue weighted by Crippen LogP contribution is 2.13. The largest absolute Gasteiger partial charge is 0.452 e. The minimum Gasteiger partial charge on any atom is -0.452 e. The third-order valence-corrected chi connectivity index (χ3v) is 3.32. The highest BCUT2D eigenvalue weighted by Gasteiger charge is 2.17. The molecular formula is C17H19NO5. The van der Waals surface area contributed by atoms with E-state index >= 15 is 0 Å². The Hall–Kier alpha value is -2.63. The molecule has 1 N–H and O–H groups in total. The molecule has 0 fully saturated rings. The highest BCUT2D eigenvalue weighted by molar-refractivity contribution is 5.94. The van der Waals surface area contributed by atoms with E-state index < -0.39 is 24.1 Å². The van der Waals surface area contributed by atoms with Gasteiger partial charge in [0, 0.05) is 11.4 Å². The summed E-state index contributed by atoms with van der Waals surface area (Å²) in [4.78, 5) is 35.4. The first kappa shape index (κ1) is 16.7. The second-order valence-corrected chi connectivity index (χ2v) is 5.32. The molecule has 0 saturated heterocycles. The molecule has 2 aromatic rings. The minimum absolute atomic E-state index is 0.0111. The lowest BCUT2D eigenvalue weighted by molar-refractivity contribution is -0.124. The molecule has 6 nitrogen and oxygen atoms in total. The fraction of sp³-hybridized carbons (Fsp3) is 0.353. The Morgan fingerprint density at radius 1 is 1.30 bits per heavy atom. The number of amides is 1. The SMILES string of the molecule is CCC[C@@H](C)NC(=O)COC(=O)c1cc2ccccc2oc1=O. The van der Waals surface area contributed by atoms with Crippen LogP contribution >= 0.6 is 0 Å². The Kier molecular flexibility index (Phi) is 5.51. The van der Waals surface area contributed by atoms with Gasteiger partial charge in [-0.05, 0) is 25.5 Å². The highest BCUT2D eigenvalue weighted by atomic mass is 16.5. The van der Waals surface area contributed by atoms with Crippen molar-refractivity contribution in [2.24, 2.45) is 0 Å². The van der Waals surface area contributed by atoms with Crippen molar-refractivity contribution < 1.29 is 18.7 Å². The van der Waals surface area contributed by atoms with Crippen LogP contribution in [0.25, 0.3) is 11.0 Å². The van der Waals surface area contributed by atoms with Crippen LogP contribution in [0.15, 0.2) is 39.5 Å². The van der Waals surface area contributed by atoms with Crippen LogP contribution in [0.2, 0.25) is 0 Å². The smallest absolute Gasteiger partial charge is 0.351 e. The molecule has 0 unspecified atom stereocenters. The predicted molar refractivity (Wildman–Crippen MR) is 85.3 cm³/mol. The van der Waals surface area contributed by atoms with Crippen molar-refractivity contribution in [3.05, 3.63) is 46.3 Å². The van der Waals surface area contributed by atoms with E-state index in [-0.39, 0.29) is 11.6 Å². The number of rotatable bonds is 6. The van der Waals surface area contributed by atoms with Crippen molar-refractivity contribution in [3.8, 4) is 0 Å². The zero-order valence-electron chi connectivity index (χ0n) is 13.1. The van der Waals surface area contributed by atoms with Crippen LogP contribution in [-0.4, -0.2) is 24.5 Å². The van der Waals surface area contributed by atoms with E-state index in [1.54, 1.807) is 24.3 Å². The van der Waals surface area contributed by atoms with Gasteiger partial charge in [-0.3, -0.25) is 4.79 Å². The maximum Gasteiger partial charge on any atom is 0.351 e. The van der Waals surface area contributed by atoms with Gasteiger partial charge in [0.1, 0.15) is 11.1 Å². The molecule has 0 saturated carbocycles. The molecule has 23 heavy (non-hydrogen) atoms. The fourth-order valence-corrected chi connectivity index (χ4v) is 2.23. The number of carbonyl (C=O) groups excluding carboxylic acids is 2. The van der Waals surface area contributed by atoms with E-state index in [2.05, 4.69) is 5.32 Å². The van der Waals surface area contributed by atoms with Gasteiger partial charge in [0.15, 0.2) is 6.61 Å². The molecule has 0 bridgehead atoms. The Labute approximate surface area is 133 Å². The molecule has 0 radical (unpaired) electrons. The molecule has 1 aromatic heterocycles. The maximum atomic E-state index is 12.0. The fourth-order valence-electron chi connectivity index (χ4n) is 2.23. The quantitative estimate of drug-likeness (QED) is 0.652. The van der Waals surface area contributed by atoms with E-state index in [1.807, 2.05) is 13.8 Å². The van der Waals surface area contributed by atoms with Crippen LogP contribution in [0.1, 0.15) is 37.0 Å². The molecule has 0 aliphatic rings. The van der Waals surface area contributed by atoms with Gasteiger partial charge in [-0.1, -0.05) is 31.5 Å². The third-order valence-electron chi connectivity index (χ3n) is 3.32. The summed E-state index contributed by atoms with van der Waals surface area (Å²) in [7, 11) is 0. The van der Waals surface area contributed by atoms with Gasteiger partial charge in [0.25, 0.3) is 5.91 Å². The normalized spacial score (nSPS) is 11.9. The first-order valence-electron chi connectivity index (χ1n) is 7.50. The first-order chi connectivity index (χ1) is 11.0. The number of hydrogen-bond donors (Lipinski definition) is 1. The lowest BCUT2D eigenvalue weighted by Crippen LogP contribution is -2.36. The molecule has 6 heteroatoms. The Bertz CT molecular complexity index is 765. The summed E-state index contributed by atoms with van der Waals surface area (Å²) >= 11 is 0. The van der Waals surface area contributed by atoms with Crippen LogP contribution in [0.4, 0.5) is 0 Å². The van der Waals surface area contributed by atoms with Crippen LogP contribution < -0.4 is 10.9 Å². The zero-order chi connectivity index (χ0) is 16.8. The monoisotopic (exact) mass is 317 g/mol. The summed E-state index contributed by atoms with van der Waals surface area (Å²) in [6, 6.07) is 8.26. The van der Waals surface area contributed by atoms with Gasteiger partial charge >= 0.3 is 11.6 Å². The number of esters is 1. The summed E-state index contributed by atoms with van der Waals surface area (Å²) < 4.78 is 9.95. The molecule has 1 amide bonds. The molecule has 1 aromatic carbocycles. The van der Waals surface area contributed by atoms with Crippen molar-refractivity contribution in [2.45, 2.75) is 32.7 Å². The Morgan fingerprint density at radius 3 is 2.78 bits per heavy atom. The number of carbonyl (C=O) groups is 2. The van der Waals surface area contributed by atoms with E-state index in [9.17, 15) is 14.4 Å². The maximum absolute atomic E-state index is 12.0. The number of nitrogens with one attached hydrogen (secondary N) is 1. The molecule has 1 atom stereocenters. The molecule has 122 valence electrons. The number of para-hydroxylation sites is 1. The van der Waals surface area contributed by atoms with E-state index in [0.29, 0.717) is 11.0 Å². The molecule has 0 aliphatic heterocycles. The zero-order valence-corrected chi connectivity index (χ0v) is 13.1. The van der Waals surface area contributed by atoms with Crippen molar-refractivity contribution in [2.75, 3.05) is 6.61 Å². The van der Waals surface area contributed by atoms with Crippen molar-refractivity contribution >= 4 is 22.8 Å². The topological polar surface area (TPSA) is 85.6 Å². The lowest BCUT2D eigenvalue weighted by atomic mass is 10.2. The molecule has 0 spiro atoms. The second kappa shape index (κ2) is 7.58. The molecule has 2 rings (SSSR count). The van der Waals surface area contributed by atoms with Gasteiger partial charge < -0.3 is 14.5 Å². The van der Waals surface area contributed by atoms with Crippen LogP contribution in [-0.2, 0) is 9.53 Å². The van der Waals surface area contributed by atoms with Gasteiger partial charge in [-0.2, -0.15) is 0 Å². The number of ether oxygens (including phenoxy) is 1. The van der Waals surface area contributed by atoms with E-state index in [0.717, 1.165) is 12.8 Å². The van der Waals surface area contributed by atoms with Gasteiger partial charge in [-0.15, -0.1) is 0 Å². The van der Waals surface area contributed by atoms with Gasteiger partial charge in [-0.25, -0.2) is 9.59 Å². The number of hydrogen-bond acceptors (Lipinski definition) is 5. The average molecular weight is 317 g/mol. The van der Waals surface area contributed by atoms with Gasteiger partial charge in [0.05, 0.1) is 0 Å². The summed E-state index contributed by atoms with van der Waals surface area (Å²) in [6.07, 6.45) is 1.79. The second-order valence-electron chi connectivity index (χ2n) is 5.32. The first-order valence-corrected chi connectivity index (χ1v) is 7.50. The van der Waals surface area contributed by atoms with Crippen LogP contribution in [0, 0.1) is 0 Å². The summed E-state index contributed by atoms with van der Waals surface area (Å²) in [5.41, 5.74) is -0.619. The van der Waals surface area contributed by atoms with Crippen molar-refractivity contribution in [1.29, 1.82) is 0 Å². The summed E-state index contributed by atoms with van der Waals surface area (Å²) in [5, 5.41) is 3.33. The standard InChI is InChI=1S/C17H19NO5/c1-3-6-11(2)18-15(19)10-22-16(20)13-9-12-7-4-5-8-14(12)23-17(13)21/h4-5,7-9,11H,3,6,10H2,1-2H3,(H,18,19)/t11-/m1/s1. The summed E-state index contributed by atoms with van der Waals surface area (Å²) in [5.74, 6) is -1.27. The van der Waals surface area contributed by atoms with Gasteiger partial charge in [0.2, 0.25) is 0 Å². The van der Waals surface area contributed by atoms with E-state index in [4.69, 9.17) is 9.15 Å². The Balaban J connectivity index is 2.02. The predicted octanol–water partition coefficient (Wildman–Crippen LogP) is 2.25. The summed E-state index contributed by atoms with van der Waals surface area (Å²) in [6.45, 7) is 3.46. The molecule has 0 aliphatic carbocycles. The Morgan fingerprint density at radius 2 is 2.04 bits per heavy atom.